The van der Waals surface area contributed by atoms with Gasteiger partial charge in [-0.3, -0.25) is 9.48 Å². The molecule has 0 unspecified atom stereocenters. The van der Waals surface area contributed by atoms with Crippen LogP contribution in [0, 0.1) is 0 Å². The van der Waals surface area contributed by atoms with Gasteiger partial charge in [0.05, 0.1) is 29.5 Å². The molecule has 1 aliphatic rings. The zero-order chi connectivity index (χ0) is 21.0. The molecule has 1 saturated heterocycles. The van der Waals surface area contributed by atoms with Crippen LogP contribution in [0.15, 0.2) is 58.9 Å². The number of carbonyl (C=O) groups excluding carboxylic acids is 1. The standard InChI is InChI=1S/C20H22N4O4S2/c25-20(21-8-10-23-9-7-18(22-23)19-2-1-15-29-19)16-3-5-17(6-4-16)30(26,27)24-11-13-28-14-12-24/h1-7,9,15H,8,10-14H2,(H,21,25). The van der Waals surface area contributed by atoms with Crippen LogP contribution in [-0.4, -0.2) is 61.3 Å². The Morgan fingerprint density at radius 3 is 2.60 bits per heavy atom. The Kier molecular flexibility index (Phi) is 6.28. The second kappa shape index (κ2) is 9.09. The van der Waals surface area contributed by atoms with Crippen molar-refractivity contribution in [3.63, 3.8) is 0 Å². The van der Waals surface area contributed by atoms with Crippen molar-refractivity contribution in [1.82, 2.24) is 19.4 Å². The highest BCUT2D eigenvalue weighted by atomic mass is 32.2. The summed E-state index contributed by atoms with van der Waals surface area (Å²) in [4.78, 5) is 13.7. The molecular weight excluding hydrogens is 424 g/mol. The van der Waals surface area contributed by atoms with E-state index in [-0.39, 0.29) is 10.8 Å². The van der Waals surface area contributed by atoms with Crippen LogP contribution < -0.4 is 5.32 Å². The highest BCUT2D eigenvalue weighted by Crippen LogP contribution is 2.22. The van der Waals surface area contributed by atoms with Crippen LogP contribution in [0.3, 0.4) is 0 Å². The van der Waals surface area contributed by atoms with Crippen LogP contribution >= 0.6 is 11.3 Å². The first kappa shape index (κ1) is 20.7. The molecule has 2 aromatic heterocycles. The van der Waals surface area contributed by atoms with Crippen molar-refractivity contribution in [3.05, 3.63) is 59.6 Å². The molecule has 3 aromatic rings. The van der Waals surface area contributed by atoms with Gasteiger partial charge in [-0.2, -0.15) is 9.40 Å². The Labute approximate surface area is 179 Å². The monoisotopic (exact) mass is 446 g/mol. The van der Waals surface area contributed by atoms with E-state index < -0.39 is 10.0 Å². The fourth-order valence-corrected chi connectivity index (χ4v) is 5.24. The number of hydrogen-bond acceptors (Lipinski definition) is 6. The molecule has 10 heteroatoms. The van der Waals surface area contributed by atoms with Gasteiger partial charge in [0.2, 0.25) is 10.0 Å². The minimum atomic E-state index is -3.56. The molecule has 0 atom stereocenters. The highest BCUT2D eigenvalue weighted by Gasteiger charge is 2.26. The lowest BCUT2D eigenvalue weighted by molar-refractivity contribution is 0.0730. The van der Waals surface area contributed by atoms with Gasteiger partial charge in [-0.25, -0.2) is 8.42 Å². The first-order chi connectivity index (χ1) is 14.5. The predicted molar refractivity (Wildman–Crippen MR) is 114 cm³/mol. The van der Waals surface area contributed by atoms with Gasteiger partial charge < -0.3 is 10.1 Å². The fourth-order valence-electron chi connectivity index (χ4n) is 3.14. The molecule has 1 aromatic carbocycles. The molecule has 158 valence electrons. The molecule has 1 aliphatic heterocycles. The Morgan fingerprint density at radius 1 is 1.13 bits per heavy atom. The Hall–Kier alpha value is -2.53. The Bertz CT molecular complexity index is 1090. The number of nitrogens with zero attached hydrogens (tertiary/aromatic N) is 3. The van der Waals surface area contributed by atoms with E-state index in [1.54, 1.807) is 16.0 Å². The maximum Gasteiger partial charge on any atom is 0.251 e. The molecule has 1 amide bonds. The van der Waals surface area contributed by atoms with Gasteiger partial charge in [0.1, 0.15) is 5.69 Å². The maximum absolute atomic E-state index is 12.6. The van der Waals surface area contributed by atoms with Gasteiger partial charge >= 0.3 is 0 Å². The van der Waals surface area contributed by atoms with Gasteiger partial charge in [0.25, 0.3) is 5.91 Å². The fraction of sp³-hybridized carbons (Fsp3) is 0.300. The van der Waals surface area contributed by atoms with E-state index >= 15 is 0 Å². The predicted octanol–water partition coefficient (Wildman–Crippen LogP) is 2.06. The summed E-state index contributed by atoms with van der Waals surface area (Å²) in [5, 5.41) is 9.35. The Balaban J connectivity index is 1.32. The zero-order valence-electron chi connectivity index (χ0n) is 16.2. The second-order valence-corrected chi connectivity index (χ2v) is 9.62. The van der Waals surface area contributed by atoms with Crippen LogP contribution in [0.4, 0.5) is 0 Å². The van der Waals surface area contributed by atoms with Crippen molar-refractivity contribution in [3.8, 4) is 10.6 Å². The summed E-state index contributed by atoms with van der Waals surface area (Å²) < 4.78 is 33.7. The number of hydrogen-bond donors (Lipinski definition) is 1. The van der Waals surface area contributed by atoms with Crippen LogP contribution in [0.5, 0.6) is 0 Å². The van der Waals surface area contributed by atoms with E-state index in [4.69, 9.17) is 4.74 Å². The summed E-state index contributed by atoms with van der Waals surface area (Å²) in [6, 6.07) is 12.0. The first-order valence-corrected chi connectivity index (χ1v) is 11.9. The third-order valence-electron chi connectivity index (χ3n) is 4.77. The average molecular weight is 447 g/mol. The Morgan fingerprint density at radius 2 is 1.90 bits per heavy atom. The summed E-state index contributed by atoms with van der Waals surface area (Å²) in [7, 11) is -3.56. The lowest BCUT2D eigenvalue weighted by Crippen LogP contribution is -2.40. The number of thiophene rings is 1. The number of amides is 1. The van der Waals surface area contributed by atoms with Crippen molar-refractivity contribution in [2.45, 2.75) is 11.4 Å². The minimum Gasteiger partial charge on any atom is -0.379 e. The quantitative estimate of drug-likeness (QED) is 0.600. The van der Waals surface area contributed by atoms with Crippen molar-refractivity contribution >= 4 is 27.3 Å². The number of benzene rings is 1. The third kappa shape index (κ3) is 4.62. The summed E-state index contributed by atoms with van der Waals surface area (Å²) in [5.41, 5.74) is 1.32. The van der Waals surface area contributed by atoms with E-state index in [0.29, 0.717) is 45.0 Å². The van der Waals surface area contributed by atoms with Crippen molar-refractivity contribution in [2.24, 2.45) is 0 Å². The SMILES string of the molecule is O=C(NCCn1ccc(-c2cccs2)n1)c1ccc(S(=O)(=O)N2CCOCC2)cc1. The molecule has 1 fully saturated rings. The topological polar surface area (TPSA) is 93.5 Å². The number of rotatable bonds is 7. The van der Waals surface area contributed by atoms with E-state index in [1.807, 2.05) is 29.8 Å². The smallest absolute Gasteiger partial charge is 0.251 e. The summed E-state index contributed by atoms with van der Waals surface area (Å²) in [6.45, 7) is 2.42. The van der Waals surface area contributed by atoms with Crippen LogP contribution in [-0.2, 0) is 21.3 Å². The number of carbonyl (C=O) groups is 1. The second-order valence-electron chi connectivity index (χ2n) is 6.74. The molecule has 1 N–H and O–H groups in total. The lowest BCUT2D eigenvalue weighted by atomic mass is 10.2. The van der Waals surface area contributed by atoms with Crippen LogP contribution in [0.1, 0.15) is 10.4 Å². The van der Waals surface area contributed by atoms with Crippen molar-refractivity contribution in [2.75, 3.05) is 32.8 Å². The van der Waals surface area contributed by atoms with Gasteiger partial charge in [-0.15, -0.1) is 11.3 Å². The van der Waals surface area contributed by atoms with Crippen LogP contribution in [0.2, 0.25) is 0 Å². The highest BCUT2D eigenvalue weighted by molar-refractivity contribution is 7.89. The minimum absolute atomic E-state index is 0.179. The normalized spacial score (nSPS) is 15.2. The molecule has 8 nitrogen and oxygen atoms in total. The number of sulfonamides is 1. The largest absolute Gasteiger partial charge is 0.379 e. The average Bonchev–Trinajstić information content (AvgIpc) is 3.46. The number of nitrogens with one attached hydrogen (secondary N) is 1. The molecular formula is C20H22N4O4S2. The molecule has 0 spiro atoms. The molecule has 30 heavy (non-hydrogen) atoms. The van der Waals surface area contributed by atoms with Crippen molar-refractivity contribution < 1.29 is 17.9 Å². The lowest BCUT2D eigenvalue weighted by Gasteiger charge is -2.26. The number of ether oxygens (including phenoxy) is 1. The number of aromatic nitrogens is 2. The van der Waals surface area contributed by atoms with Gasteiger partial charge in [-0.05, 0) is 41.8 Å². The molecule has 4 rings (SSSR count). The summed E-state index contributed by atoms with van der Waals surface area (Å²) >= 11 is 1.63. The van der Waals surface area contributed by atoms with Gasteiger partial charge in [-0.1, -0.05) is 6.07 Å². The van der Waals surface area contributed by atoms with E-state index in [9.17, 15) is 13.2 Å². The van der Waals surface area contributed by atoms with E-state index in [1.165, 1.54) is 28.6 Å². The van der Waals surface area contributed by atoms with Gasteiger partial charge in [0.15, 0.2) is 0 Å². The van der Waals surface area contributed by atoms with E-state index in [0.717, 1.165) is 10.6 Å². The summed E-state index contributed by atoms with van der Waals surface area (Å²) in [5.74, 6) is -0.254. The molecule has 0 bridgehead atoms. The first-order valence-electron chi connectivity index (χ1n) is 9.57. The molecule has 0 aliphatic carbocycles. The molecule has 0 saturated carbocycles. The van der Waals surface area contributed by atoms with Crippen molar-refractivity contribution in [1.29, 1.82) is 0 Å². The molecule has 3 heterocycles. The zero-order valence-corrected chi connectivity index (χ0v) is 17.9. The van der Waals surface area contributed by atoms with Crippen LogP contribution in [0.25, 0.3) is 10.6 Å². The van der Waals surface area contributed by atoms with Gasteiger partial charge in [0, 0.05) is 31.4 Å². The molecule has 0 radical (unpaired) electrons. The maximum atomic E-state index is 12.6. The van der Waals surface area contributed by atoms with E-state index in [2.05, 4.69) is 10.4 Å². The summed E-state index contributed by atoms with van der Waals surface area (Å²) in [6.07, 6.45) is 1.88. The number of morpholine rings is 1. The third-order valence-corrected chi connectivity index (χ3v) is 7.57.